The third-order valence-corrected chi connectivity index (χ3v) is 8.98. The molecule has 1 aromatic rings. The highest BCUT2D eigenvalue weighted by atomic mass is 32.2. The smallest absolute Gasteiger partial charge is 0.243 e. The maximum Gasteiger partial charge on any atom is 0.243 e. The monoisotopic (exact) mass is 391 g/mol. The Labute approximate surface area is 164 Å². The molecular formula is C21H33N3O2S. The van der Waals surface area contributed by atoms with Crippen molar-refractivity contribution < 1.29 is 8.42 Å². The van der Waals surface area contributed by atoms with Crippen molar-refractivity contribution in [3.8, 4) is 0 Å². The predicted molar refractivity (Wildman–Crippen MR) is 109 cm³/mol. The zero-order valence-corrected chi connectivity index (χ0v) is 17.8. The average Bonchev–Trinajstić information content (AvgIpc) is 2.94. The van der Waals surface area contributed by atoms with Crippen LogP contribution in [-0.4, -0.2) is 74.4 Å². The van der Waals surface area contributed by atoms with E-state index in [1.165, 1.54) is 38.9 Å². The summed E-state index contributed by atoms with van der Waals surface area (Å²) in [4.78, 5) is 5.67. The third-order valence-electron chi connectivity index (χ3n) is 6.77. The normalized spacial score (nSPS) is 30.4. The van der Waals surface area contributed by atoms with Gasteiger partial charge >= 0.3 is 0 Å². The van der Waals surface area contributed by atoms with E-state index < -0.39 is 10.0 Å². The Kier molecular flexibility index (Phi) is 5.36. The minimum absolute atomic E-state index is 0.514. The van der Waals surface area contributed by atoms with Crippen molar-refractivity contribution in [3.05, 3.63) is 28.8 Å². The van der Waals surface area contributed by atoms with E-state index in [1.807, 2.05) is 32.9 Å². The molecule has 6 heteroatoms. The molecule has 1 unspecified atom stereocenters. The predicted octanol–water partition coefficient (Wildman–Crippen LogP) is 2.40. The number of nitrogens with zero attached hydrogens (tertiary/aromatic N) is 3. The fourth-order valence-electron chi connectivity index (χ4n) is 5.44. The Morgan fingerprint density at radius 1 is 0.889 bits per heavy atom. The molecule has 0 amide bonds. The summed E-state index contributed by atoms with van der Waals surface area (Å²) in [5, 5.41) is 0. The number of hydrogen-bond acceptors (Lipinski definition) is 4. The molecule has 4 saturated heterocycles. The molecule has 0 N–H and O–H groups in total. The maximum atomic E-state index is 13.3. The first-order valence-electron chi connectivity index (χ1n) is 10.4. The first-order valence-corrected chi connectivity index (χ1v) is 11.8. The van der Waals surface area contributed by atoms with Gasteiger partial charge in [0.05, 0.1) is 4.90 Å². The van der Waals surface area contributed by atoms with E-state index in [0.717, 1.165) is 35.7 Å². The van der Waals surface area contributed by atoms with Crippen LogP contribution in [0, 0.1) is 26.7 Å². The minimum atomic E-state index is -3.41. The zero-order chi connectivity index (χ0) is 19.2. The highest BCUT2D eigenvalue weighted by molar-refractivity contribution is 7.89. The van der Waals surface area contributed by atoms with Crippen LogP contribution in [0.15, 0.2) is 17.0 Å². The van der Waals surface area contributed by atoms with Crippen LogP contribution in [0.4, 0.5) is 0 Å². The van der Waals surface area contributed by atoms with Crippen molar-refractivity contribution in [2.24, 2.45) is 5.92 Å². The lowest BCUT2D eigenvalue weighted by atomic mass is 9.93. The van der Waals surface area contributed by atoms with Gasteiger partial charge in [-0.3, -0.25) is 4.90 Å². The minimum Gasteiger partial charge on any atom is -0.302 e. The highest BCUT2D eigenvalue weighted by Crippen LogP contribution is 2.31. The van der Waals surface area contributed by atoms with Crippen LogP contribution in [0.2, 0.25) is 0 Å². The van der Waals surface area contributed by atoms with Crippen molar-refractivity contribution in [3.63, 3.8) is 0 Å². The van der Waals surface area contributed by atoms with Crippen molar-refractivity contribution in [2.75, 3.05) is 45.8 Å². The highest BCUT2D eigenvalue weighted by Gasteiger charge is 2.36. The molecule has 5 rings (SSSR count). The second-order valence-corrected chi connectivity index (χ2v) is 10.7. The Balaban J connectivity index is 1.46. The number of piperidine rings is 1. The van der Waals surface area contributed by atoms with Gasteiger partial charge in [-0.2, -0.15) is 4.31 Å². The van der Waals surface area contributed by atoms with E-state index in [-0.39, 0.29) is 0 Å². The molecule has 4 aliphatic heterocycles. The first-order chi connectivity index (χ1) is 12.8. The summed E-state index contributed by atoms with van der Waals surface area (Å²) in [6.07, 6.45) is 3.98. The van der Waals surface area contributed by atoms with Gasteiger partial charge in [0.1, 0.15) is 0 Å². The lowest BCUT2D eigenvalue weighted by molar-refractivity contribution is 0.113. The summed E-state index contributed by atoms with van der Waals surface area (Å²) in [5.41, 5.74) is 2.85. The molecule has 4 aliphatic rings. The average molecular weight is 392 g/mol. The van der Waals surface area contributed by atoms with E-state index in [1.54, 1.807) is 4.31 Å². The van der Waals surface area contributed by atoms with E-state index >= 15 is 0 Å². The molecule has 2 bridgehead atoms. The molecular weight excluding hydrogens is 358 g/mol. The topological polar surface area (TPSA) is 43.9 Å². The van der Waals surface area contributed by atoms with Crippen LogP contribution in [0.5, 0.6) is 0 Å². The second-order valence-electron chi connectivity index (χ2n) is 8.80. The Bertz CT molecular complexity index is 755. The van der Waals surface area contributed by atoms with Gasteiger partial charge in [0.2, 0.25) is 10.0 Å². The lowest BCUT2D eigenvalue weighted by Gasteiger charge is -2.39. The number of piperazine rings is 1. The van der Waals surface area contributed by atoms with E-state index in [2.05, 4.69) is 9.80 Å². The van der Waals surface area contributed by atoms with Crippen molar-refractivity contribution in [2.45, 2.75) is 51.0 Å². The van der Waals surface area contributed by atoms with Gasteiger partial charge in [0.25, 0.3) is 0 Å². The summed E-state index contributed by atoms with van der Waals surface area (Å²) in [5.74, 6) is 0.869. The van der Waals surface area contributed by atoms with Gasteiger partial charge in [-0.15, -0.1) is 0 Å². The number of aryl methyl sites for hydroxylation is 3. The summed E-state index contributed by atoms with van der Waals surface area (Å²) in [6.45, 7) is 12.4. The molecule has 27 heavy (non-hydrogen) atoms. The van der Waals surface area contributed by atoms with Gasteiger partial charge in [-0.25, -0.2) is 8.42 Å². The van der Waals surface area contributed by atoms with E-state index in [9.17, 15) is 8.42 Å². The Hall–Kier alpha value is -0.950. The fraction of sp³-hybridized carbons (Fsp3) is 0.714. The molecule has 4 fully saturated rings. The van der Waals surface area contributed by atoms with Crippen LogP contribution in [-0.2, 0) is 10.0 Å². The summed E-state index contributed by atoms with van der Waals surface area (Å²) in [7, 11) is -3.41. The number of benzene rings is 1. The molecule has 1 atom stereocenters. The van der Waals surface area contributed by atoms with Crippen molar-refractivity contribution in [1.29, 1.82) is 0 Å². The fourth-order valence-corrected chi connectivity index (χ4v) is 7.27. The van der Waals surface area contributed by atoms with Crippen LogP contribution in [0.3, 0.4) is 0 Å². The van der Waals surface area contributed by atoms with Gasteiger partial charge in [0, 0.05) is 38.8 Å². The van der Waals surface area contributed by atoms with Crippen LogP contribution < -0.4 is 0 Å². The van der Waals surface area contributed by atoms with Crippen molar-refractivity contribution >= 4 is 10.0 Å². The molecule has 150 valence electrons. The lowest BCUT2D eigenvalue weighted by Crippen LogP contribution is -2.53. The van der Waals surface area contributed by atoms with Crippen LogP contribution in [0.25, 0.3) is 0 Å². The molecule has 0 radical (unpaired) electrons. The molecule has 0 spiro atoms. The third kappa shape index (κ3) is 3.82. The Morgan fingerprint density at radius 3 is 2.07 bits per heavy atom. The van der Waals surface area contributed by atoms with Gasteiger partial charge in [-0.1, -0.05) is 17.7 Å². The first kappa shape index (κ1) is 19.4. The number of fused-ring (bicyclic) bond motifs is 4. The van der Waals surface area contributed by atoms with Crippen LogP contribution >= 0.6 is 0 Å². The molecule has 4 heterocycles. The number of hydrogen-bond donors (Lipinski definition) is 0. The Morgan fingerprint density at radius 2 is 1.48 bits per heavy atom. The SMILES string of the molecule is Cc1cc(C)c(S(=O)(=O)N2CCN(C3CC4CCN(CC4)C3)CC2)c(C)c1. The van der Waals surface area contributed by atoms with Crippen molar-refractivity contribution in [1.82, 2.24) is 14.1 Å². The molecule has 5 nitrogen and oxygen atoms in total. The summed E-state index contributed by atoms with van der Waals surface area (Å²) >= 11 is 0. The standard InChI is InChI=1S/C21H33N3O2S/c1-16-12-17(2)21(18(3)13-16)27(25,26)24-10-8-23(9-11-24)20-14-19-4-6-22(15-20)7-5-19/h12-13,19-20H,4-11,14-15H2,1-3H3. The molecule has 0 aromatic heterocycles. The molecule has 0 saturated carbocycles. The van der Waals surface area contributed by atoms with Crippen LogP contribution in [0.1, 0.15) is 36.0 Å². The molecule has 1 aromatic carbocycles. The number of sulfonamides is 1. The molecule has 0 aliphatic carbocycles. The van der Waals surface area contributed by atoms with Gasteiger partial charge in [-0.05, 0) is 70.2 Å². The summed E-state index contributed by atoms with van der Waals surface area (Å²) < 4.78 is 28.3. The quantitative estimate of drug-likeness (QED) is 0.794. The van der Waals surface area contributed by atoms with E-state index in [4.69, 9.17) is 0 Å². The van der Waals surface area contributed by atoms with Gasteiger partial charge < -0.3 is 4.90 Å². The maximum absolute atomic E-state index is 13.3. The zero-order valence-electron chi connectivity index (χ0n) is 16.9. The van der Waals surface area contributed by atoms with Gasteiger partial charge in [0.15, 0.2) is 0 Å². The second kappa shape index (κ2) is 7.47. The number of rotatable bonds is 3. The van der Waals surface area contributed by atoms with E-state index in [0.29, 0.717) is 24.0 Å². The summed E-state index contributed by atoms with van der Waals surface area (Å²) in [6, 6.07) is 4.56. The largest absolute Gasteiger partial charge is 0.302 e.